The second-order valence-electron chi connectivity index (χ2n) is 1.70. The fraction of sp³-hybridized carbons (Fsp3) is 0.600. The topological polar surface area (TPSA) is 45.0 Å². The normalized spacial score (nSPS) is 26.2. The van der Waals surface area contributed by atoms with Crippen molar-refractivity contribution in [3.8, 4) is 0 Å². The van der Waals surface area contributed by atoms with Crippen LogP contribution in [-0.4, -0.2) is 29.8 Å². The highest BCUT2D eigenvalue weighted by molar-refractivity contribution is 5.94. The zero-order chi connectivity index (χ0) is 5.98. The standard InChI is InChI=1S/C5H8N2O/c1-4-6-2-5(3-8)7-4/h2,5,8H,3H2,1H3. The van der Waals surface area contributed by atoms with Crippen LogP contribution in [0.5, 0.6) is 0 Å². The molecular formula is C5H8N2O. The molecule has 0 saturated carbocycles. The number of nitrogens with zero attached hydrogens (tertiary/aromatic N) is 2. The summed E-state index contributed by atoms with van der Waals surface area (Å²) in [6.45, 7) is 1.88. The molecule has 1 aliphatic rings. The van der Waals surface area contributed by atoms with Gasteiger partial charge in [0.05, 0.1) is 6.61 Å². The highest BCUT2D eigenvalue weighted by Crippen LogP contribution is 1.96. The van der Waals surface area contributed by atoms with Crippen LogP contribution >= 0.6 is 0 Å². The van der Waals surface area contributed by atoms with Gasteiger partial charge in [-0.25, -0.2) is 4.99 Å². The number of aliphatic imine (C=N–C) groups is 2. The van der Waals surface area contributed by atoms with Crippen molar-refractivity contribution in [2.75, 3.05) is 6.61 Å². The van der Waals surface area contributed by atoms with E-state index in [1.54, 1.807) is 6.21 Å². The van der Waals surface area contributed by atoms with Gasteiger partial charge in [-0.2, -0.15) is 0 Å². The van der Waals surface area contributed by atoms with Gasteiger partial charge in [-0.15, -0.1) is 0 Å². The molecule has 1 unspecified atom stereocenters. The predicted molar refractivity (Wildman–Crippen MR) is 32.5 cm³/mol. The van der Waals surface area contributed by atoms with Gasteiger partial charge >= 0.3 is 0 Å². The number of aliphatic hydroxyl groups is 1. The Morgan fingerprint density at radius 1 is 1.88 bits per heavy atom. The molecule has 1 rings (SSSR count). The lowest BCUT2D eigenvalue weighted by Crippen LogP contribution is -2.07. The molecule has 44 valence electrons. The highest BCUT2D eigenvalue weighted by atomic mass is 16.3. The lowest BCUT2D eigenvalue weighted by atomic mass is 10.4. The van der Waals surface area contributed by atoms with Gasteiger partial charge in [0.1, 0.15) is 11.9 Å². The smallest absolute Gasteiger partial charge is 0.120 e. The molecule has 3 nitrogen and oxygen atoms in total. The van der Waals surface area contributed by atoms with Crippen LogP contribution in [-0.2, 0) is 0 Å². The second-order valence-corrected chi connectivity index (χ2v) is 1.70. The molecule has 0 aromatic heterocycles. The van der Waals surface area contributed by atoms with Crippen molar-refractivity contribution >= 4 is 12.1 Å². The van der Waals surface area contributed by atoms with Gasteiger partial charge in [-0.3, -0.25) is 4.99 Å². The average molecular weight is 112 g/mol. The molecule has 0 saturated heterocycles. The maximum atomic E-state index is 8.49. The number of rotatable bonds is 1. The van der Waals surface area contributed by atoms with Gasteiger partial charge in [0.15, 0.2) is 0 Å². The highest BCUT2D eigenvalue weighted by Gasteiger charge is 2.05. The van der Waals surface area contributed by atoms with Gasteiger partial charge < -0.3 is 5.11 Å². The van der Waals surface area contributed by atoms with Gasteiger partial charge in [-0.05, 0) is 6.92 Å². The lowest BCUT2D eigenvalue weighted by molar-refractivity contribution is 0.293. The van der Waals surface area contributed by atoms with Crippen LogP contribution in [0.15, 0.2) is 9.98 Å². The van der Waals surface area contributed by atoms with Crippen molar-refractivity contribution < 1.29 is 5.11 Å². The number of aliphatic hydroxyl groups excluding tert-OH is 1. The van der Waals surface area contributed by atoms with Gasteiger partial charge in [0.2, 0.25) is 0 Å². The minimum atomic E-state index is -0.0741. The minimum absolute atomic E-state index is 0.0703. The van der Waals surface area contributed by atoms with Crippen LogP contribution in [0.3, 0.4) is 0 Å². The summed E-state index contributed by atoms with van der Waals surface area (Å²) >= 11 is 0. The van der Waals surface area contributed by atoms with Crippen molar-refractivity contribution in [1.29, 1.82) is 0 Å². The number of hydrogen-bond donors (Lipinski definition) is 1. The Bertz CT molecular complexity index is 139. The minimum Gasteiger partial charge on any atom is -0.394 e. The van der Waals surface area contributed by atoms with Gasteiger partial charge in [0.25, 0.3) is 0 Å². The summed E-state index contributed by atoms with van der Waals surface area (Å²) in [7, 11) is 0. The van der Waals surface area contributed by atoms with Crippen molar-refractivity contribution in [1.82, 2.24) is 0 Å². The third-order valence-electron chi connectivity index (χ3n) is 0.973. The van der Waals surface area contributed by atoms with Crippen molar-refractivity contribution in [2.24, 2.45) is 9.98 Å². The zero-order valence-electron chi connectivity index (χ0n) is 4.70. The predicted octanol–water partition coefficient (Wildman–Crippen LogP) is -0.150. The summed E-state index contributed by atoms with van der Waals surface area (Å²) in [6, 6.07) is -0.0741. The molecule has 0 aromatic rings. The molecular weight excluding hydrogens is 104 g/mol. The number of amidine groups is 1. The van der Waals surface area contributed by atoms with E-state index in [9.17, 15) is 0 Å². The Hall–Kier alpha value is -0.700. The van der Waals surface area contributed by atoms with E-state index >= 15 is 0 Å². The maximum absolute atomic E-state index is 8.49. The molecule has 0 fully saturated rings. The molecule has 0 radical (unpaired) electrons. The summed E-state index contributed by atoms with van der Waals surface area (Å²) in [5.41, 5.74) is 0. The Balaban J connectivity index is 2.55. The van der Waals surface area contributed by atoms with Crippen LogP contribution < -0.4 is 0 Å². The third kappa shape index (κ3) is 0.924. The van der Waals surface area contributed by atoms with Crippen LogP contribution in [0, 0.1) is 0 Å². The molecule has 8 heavy (non-hydrogen) atoms. The van der Waals surface area contributed by atoms with E-state index in [2.05, 4.69) is 9.98 Å². The second kappa shape index (κ2) is 2.05. The summed E-state index contributed by atoms with van der Waals surface area (Å²) in [5.74, 6) is 0.754. The molecule has 0 aliphatic carbocycles. The molecule has 1 N–H and O–H groups in total. The molecule has 0 amide bonds. The Kier molecular flexibility index (Phi) is 1.39. The molecule has 1 aliphatic heterocycles. The summed E-state index contributed by atoms with van der Waals surface area (Å²) in [4.78, 5) is 7.80. The van der Waals surface area contributed by atoms with E-state index in [1.165, 1.54) is 0 Å². The Labute approximate surface area is 47.8 Å². The Morgan fingerprint density at radius 3 is 2.88 bits per heavy atom. The SMILES string of the molecule is CC1=NC(CO)C=N1. The third-order valence-corrected chi connectivity index (χ3v) is 0.973. The largest absolute Gasteiger partial charge is 0.394 e. The molecule has 1 heterocycles. The fourth-order valence-corrected chi connectivity index (χ4v) is 0.589. The first-order valence-electron chi connectivity index (χ1n) is 2.52. The van der Waals surface area contributed by atoms with E-state index in [1.807, 2.05) is 6.92 Å². The first kappa shape index (κ1) is 5.44. The molecule has 3 heteroatoms. The Morgan fingerprint density at radius 2 is 2.62 bits per heavy atom. The van der Waals surface area contributed by atoms with Crippen LogP contribution in [0.2, 0.25) is 0 Å². The molecule has 0 bridgehead atoms. The van der Waals surface area contributed by atoms with Gasteiger partial charge in [0, 0.05) is 6.21 Å². The fourth-order valence-electron chi connectivity index (χ4n) is 0.589. The molecule has 0 spiro atoms. The van der Waals surface area contributed by atoms with Crippen LogP contribution in [0.25, 0.3) is 0 Å². The zero-order valence-corrected chi connectivity index (χ0v) is 4.70. The van der Waals surface area contributed by atoms with Crippen molar-refractivity contribution in [3.05, 3.63) is 0 Å². The van der Waals surface area contributed by atoms with Crippen molar-refractivity contribution in [3.63, 3.8) is 0 Å². The first-order chi connectivity index (χ1) is 3.83. The maximum Gasteiger partial charge on any atom is 0.120 e. The van der Waals surface area contributed by atoms with E-state index < -0.39 is 0 Å². The van der Waals surface area contributed by atoms with Crippen LogP contribution in [0.1, 0.15) is 6.92 Å². The monoisotopic (exact) mass is 112 g/mol. The van der Waals surface area contributed by atoms with E-state index in [0.717, 1.165) is 5.84 Å². The molecule has 0 aromatic carbocycles. The first-order valence-corrected chi connectivity index (χ1v) is 2.52. The summed E-state index contributed by atoms with van der Waals surface area (Å²) in [6.07, 6.45) is 1.65. The van der Waals surface area contributed by atoms with Gasteiger partial charge in [-0.1, -0.05) is 0 Å². The van der Waals surface area contributed by atoms with E-state index in [0.29, 0.717) is 0 Å². The quantitative estimate of drug-likeness (QED) is 0.503. The molecule has 1 atom stereocenters. The number of hydrogen-bond acceptors (Lipinski definition) is 3. The van der Waals surface area contributed by atoms with E-state index in [4.69, 9.17) is 5.11 Å². The van der Waals surface area contributed by atoms with Crippen molar-refractivity contribution in [2.45, 2.75) is 13.0 Å². The summed E-state index contributed by atoms with van der Waals surface area (Å²) in [5, 5.41) is 8.49. The summed E-state index contributed by atoms with van der Waals surface area (Å²) < 4.78 is 0. The lowest BCUT2D eigenvalue weighted by Gasteiger charge is -1.91. The average Bonchev–Trinajstić information content (AvgIpc) is 2.14. The van der Waals surface area contributed by atoms with Crippen LogP contribution in [0.4, 0.5) is 0 Å². The van der Waals surface area contributed by atoms with E-state index in [-0.39, 0.29) is 12.6 Å².